The summed E-state index contributed by atoms with van der Waals surface area (Å²) in [6.45, 7) is 0. The molecule has 0 aliphatic rings. The molecule has 5 N–H and O–H groups in total. The van der Waals surface area contributed by atoms with Gasteiger partial charge in [0.15, 0.2) is 0 Å². The number of rotatable bonds is 3. The Balaban J connectivity index is 3.29. The first kappa shape index (κ1) is 10.8. The first-order valence-electron chi connectivity index (χ1n) is 4.11. The minimum absolute atomic E-state index is 0.111. The number of benzene rings is 1. The highest BCUT2D eigenvalue weighted by Gasteiger charge is 2.12. The van der Waals surface area contributed by atoms with Gasteiger partial charge in [-0.3, -0.25) is 9.59 Å². The van der Waals surface area contributed by atoms with E-state index < -0.39 is 11.8 Å². The lowest BCUT2D eigenvalue weighted by molar-refractivity contribution is -0.115. The SMILES string of the molecule is NC(=O)/C=C(\C(N)=O)c1ccccc1O. The largest absolute Gasteiger partial charge is 0.507 e. The van der Waals surface area contributed by atoms with Crippen LogP contribution in [-0.2, 0) is 9.59 Å². The van der Waals surface area contributed by atoms with Crippen LogP contribution < -0.4 is 11.5 Å². The van der Waals surface area contributed by atoms with Crippen LogP contribution in [0.3, 0.4) is 0 Å². The van der Waals surface area contributed by atoms with E-state index in [4.69, 9.17) is 11.5 Å². The van der Waals surface area contributed by atoms with Crippen LogP contribution in [0.25, 0.3) is 5.57 Å². The second kappa shape index (κ2) is 4.28. The van der Waals surface area contributed by atoms with Crippen LogP contribution in [0.1, 0.15) is 5.56 Å². The van der Waals surface area contributed by atoms with E-state index in [1.807, 2.05) is 0 Å². The number of amides is 2. The number of nitrogens with two attached hydrogens (primary N) is 2. The van der Waals surface area contributed by atoms with Crippen molar-refractivity contribution in [2.24, 2.45) is 11.5 Å². The molecular weight excluding hydrogens is 196 g/mol. The lowest BCUT2D eigenvalue weighted by atomic mass is 10.0. The molecule has 78 valence electrons. The van der Waals surface area contributed by atoms with Crippen molar-refractivity contribution in [1.82, 2.24) is 0 Å². The third-order valence-corrected chi connectivity index (χ3v) is 1.75. The zero-order chi connectivity index (χ0) is 11.4. The van der Waals surface area contributed by atoms with Crippen LogP contribution >= 0.6 is 0 Å². The van der Waals surface area contributed by atoms with Gasteiger partial charge in [0, 0.05) is 11.6 Å². The highest BCUT2D eigenvalue weighted by atomic mass is 16.3. The minimum atomic E-state index is -0.824. The van der Waals surface area contributed by atoms with Gasteiger partial charge in [0.1, 0.15) is 5.75 Å². The quantitative estimate of drug-likeness (QED) is 0.593. The first-order valence-corrected chi connectivity index (χ1v) is 4.11. The molecule has 0 heterocycles. The Labute approximate surface area is 86.0 Å². The van der Waals surface area contributed by atoms with Crippen LogP contribution in [0.5, 0.6) is 5.75 Å². The number of para-hydroxylation sites is 1. The molecule has 0 radical (unpaired) electrons. The minimum Gasteiger partial charge on any atom is -0.507 e. The third kappa shape index (κ3) is 2.57. The molecular formula is C10H10N2O3. The number of primary amides is 2. The van der Waals surface area contributed by atoms with Gasteiger partial charge in [0.05, 0.1) is 5.57 Å². The smallest absolute Gasteiger partial charge is 0.249 e. The van der Waals surface area contributed by atoms with Crippen molar-refractivity contribution < 1.29 is 14.7 Å². The summed E-state index contributed by atoms with van der Waals surface area (Å²) in [7, 11) is 0. The van der Waals surface area contributed by atoms with Crippen LogP contribution in [0, 0.1) is 0 Å². The molecule has 0 bridgehead atoms. The van der Waals surface area contributed by atoms with E-state index in [9.17, 15) is 14.7 Å². The second-order valence-corrected chi connectivity index (χ2v) is 2.84. The van der Waals surface area contributed by atoms with Crippen molar-refractivity contribution in [2.75, 3.05) is 0 Å². The molecule has 0 saturated carbocycles. The van der Waals surface area contributed by atoms with E-state index >= 15 is 0 Å². The van der Waals surface area contributed by atoms with Crippen molar-refractivity contribution in [1.29, 1.82) is 0 Å². The fourth-order valence-electron chi connectivity index (χ4n) is 1.13. The molecule has 1 aromatic carbocycles. The predicted molar refractivity (Wildman–Crippen MR) is 54.5 cm³/mol. The maximum atomic E-state index is 11.0. The summed E-state index contributed by atoms with van der Waals surface area (Å²) in [5, 5.41) is 9.44. The summed E-state index contributed by atoms with van der Waals surface area (Å²) < 4.78 is 0. The third-order valence-electron chi connectivity index (χ3n) is 1.75. The Morgan fingerprint density at radius 2 is 1.80 bits per heavy atom. The number of hydrogen-bond acceptors (Lipinski definition) is 3. The van der Waals surface area contributed by atoms with Crippen molar-refractivity contribution in [2.45, 2.75) is 0 Å². The molecule has 0 aromatic heterocycles. The van der Waals surface area contributed by atoms with Crippen LogP contribution in [0.2, 0.25) is 0 Å². The summed E-state index contributed by atoms with van der Waals surface area (Å²) in [6, 6.07) is 6.04. The van der Waals surface area contributed by atoms with Gasteiger partial charge in [-0.15, -0.1) is 0 Å². The number of aromatic hydroxyl groups is 1. The first-order chi connectivity index (χ1) is 7.02. The molecule has 0 spiro atoms. The second-order valence-electron chi connectivity index (χ2n) is 2.84. The molecule has 0 aliphatic heterocycles. The molecule has 2 amide bonds. The van der Waals surface area contributed by atoms with Crippen LogP contribution in [-0.4, -0.2) is 16.9 Å². The van der Waals surface area contributed by atoms with E-state index in [2.05, 4.69) is 0 Å². The average Bonchev–Trinajstić information content (AvgIpc) is 2.15. The summed E-state index contributed by atoms with van der Waals surface area (Å²) in [5.74, 6) is -1.76. The van der Waals surface area contributed by atoms with Gasteiger partial charge in [0.25, 0.3) is 0 Å². The maximum absolute atomic E-state index is 11.0. The predicted octanol–water partition coefficient (Wildman–Crippen LogP) is -0.254. The lowest BCUT2D eigenvalue weighted by Gasteiger charge is -2.04. The Morgan fingerprint density at radius 1 is 1.20 bits per heavy atom. The van der Waals surface area contributed by atoms with Crippen molar-refractivity contribution in [3.8, 4) is 5.75 Å². The molecule has 5 nitrogen and oxygen atoms in total. The van der Waals surface area contributed by atoms with Crippen LogP contribution in [0.15, 0.2) is 30.3 Å². The van der Waals surface area contributed by atoms with Gasteiger partial charge in [0.2, 0.25) is 11.8 Å². The van der Waals surface area contributed by atoms with Crippen molar-refractivity contribution in [3.05, 3.63) is 35.9 Å². The number of phenols is 1. The summed E-state index contributed by atoms with van der Waals surface area (Å²) in [4.78, 5) is 21.7. The molecule has 0 saturated heterocycles. The van der Waals surface area contributed by atoms with Gasteiger partial charge in [-0.25, -0.2) is 0 Å². The monoisotopic (exact) mass is 206 g/mol. The fourth-order valence-corrected chi connectivity index (χ4v) is 1.13. The van der Waals surface area contributed by atoms with E-state index in [1.54, 1.807) is 12.1 Å². The molecule has 5 heteroatoms. The zero-order valence-corrected chi connectivity index (χ0v) is 7.81. The normalized spacial score (nSPS) is 11.1. The molecule has 0 aliphatic carbocycles. The number of hydrogen-bond donors (Lipinski definition) is 3. The standard InChI is InChI=1S/C10H10N2O3/c11-9(14)5-7(10(12)15)6-3-1-2-4-8(6)13/h1-5,13H,(H2,11,14)(H2,12,15)/b7-5-. The Kier molecular flexibility index (Phi) is 3.07. The highest BCUT2D eigenvalue weighted by Crippen LogP contribution is 2.23. The lowest BCUT2D eigenvalue weighted by Crippen LogP contribution is -2.16. The topological polar surface area (TPSA) is 106 Å². The van der Waals surface area contributed by atoms with E-state index in [1.165, 1.54) is 12.1 Å². The molecule has 0 atom stereocenters. The van der Waals surface area contributed by atoms with Crippen LogP contribution in [0.4, 0.5) is 0 Å². The van der Waals surface area contributed by atoms with Crippen molar-refractivity contribution in [3.63, 3.8) is 0 Å². The van der Waals surface area contributed by atoms with Gasteiger partial charge >= 0.3 is 0 Å². The van der Waals surface area contributed by atoms with Gasteiger partial charge in [-0.05, 0) is 6.07 Å². The number of phenolic OH excluding ortho intramolecular Hbond substituents is 1. The van der Waals surface area contributed by atoms with Gasteiger partial charge < -0.3 is 16.6 Å². The molecule has 0 unspecified atom stereocenters. The zero-order valence-electron chi connectivity index (χ0n) is 7.81. The van der Waals surface area contributed by atoms with E-state index in [0.29, 0.717) is 0 Å². The van der Waals surface area contributed by atoms with E-state index in [-0.39, 0.29) is 16.9 Å². The highest BCUT2D eigenvalue weighted by molar-refractivity contribution is 6.23. The van der Waals surface area contributed by atoms with Gasteiger partial charge in [-0.1, -0.05) is 18.2 Å². The molecule has 15 heavy (non-hydrogen) atoms. The van der Waals surface area contributed by atoms with E-state index in [0.717, 1.165) is 6.08 Å². The summed E-state index contributed by atoms with van der Waals surface area (Å²) in [5.41, 5.74) is 10.0. The van der Waals surface area contributed by atoms with Gasteiger partial charge in [-0.2, -0.15) is 0 Å². The average molecular weight is 206 g/mol. The maximum Gasteiger partial charge on any atom is 0.249 e. The Hall–Kier alpha value is -2.30. The Morgan fingerprint density at radius 3 is 2.27 bits per heavy atom. The Bertz CT molecular complexity index is 438. The molecule has 0 fully saturated rings. The summed E-state index contributed by atoms with van der Waals surface area (Å²) in [6.07, 6.45) is 0.886. The molecule has 1 aromatic rings. The number of carbonyl (C=O) groups is 2. The summed E-state index contributed by atoms with van der Waals surface area (Å²) >= 11 is 0. The molecule has 1 rings (SSSR count). The number of carbonyl (C=O) groups excluding carboxylic acids is 2. The van der Waals surface area contributed by atoms with Crippen molar-refractivity contribution >= 4 is 17.4 Å². The fraction of sp³-hybridized carbons (Fsp3) is 0.